The maximum absolute atomic E-state index is 11.2. The van der Waals surface area contributed by atoms with Crippen LogP contribution in [0.2, 0.25) is 0 Å². The van der Waals surface area contributed by atoms with Crippen molar-refractivity contribution in [3.05, 3.63) is 0 Å². The number of hydrogen-bond donors (Lipinski definition) is 2. The maximum Gasteiger partial charge on any atom is 0.321 e. The van der Waals surface area contributed by atoms with Crippen molar-refractivity contribution in [2.45, 2.75) is 32.7 Å². The molecule has 1 fully saturated rings. The molecular formula is C11H22N2O2. The molecule has 0 bridgehead atoms. The van der Waals surface area contributed by atoms with Crippen molar-refractivity contribution in [2.24, 2.45) is 5.92 Å². The highest BCUT2D eigenvalue weighted by Gasteiger charge is 2.30. The van der Waals surface area contributed by atoms with Crippen LogP contribution >= 0.6 is 0 Å². The van der Waals surface area contributed by atoms with Crippen molar-refractivity contribution in [3.8, 4) is 0 Å². The highest BCUT2D eigenvalue weighted by Crippen LogP contribution is 2.16. The zero-order chi connectivity index (χ0) is 11.3. The molecule has 15 heavy (non-hydrogen) atoms. The first-order valence-corrected chi connectivity index (χ1v) is 5.84. The summed E-state index contributed by atoms with van der Waals surface area (Å²) in [6.07, 6.45) is 1.96. The van der Waals surface area contributed by atoms with Gasteiger partial charge in [0.2, 0.25) is 0 Å². The highest BCUT2D eigenvalue weighted by molar-refractivity contribution is 5.73. The number of nitrogens with zero attached hydrogens (tertiary/aromatic N) is 1. The van der Waals surface area contributed by atoms with Crippen LogP contribution in [-0.2, 0) is 4.79 Å². The molecule has 4 nitrogen and oxygen atoms in total. The lowest BCUT2D eigenvalue weighted by molar-refractivity contribution is -0.145. The molecule has 0 aromatic carbocycles. The third-order valence-electron chi connectivity index (χ3n) is 3.20. The molecule has 0 saturated carbocycles. The summed E-state index contributed by atoms with van der Waals surface area (Å²) >= 11 is 0. The Balaban J connectivity index is 2.64. The number of carboxylic acids is 1. The molecule has 2 N–H and O–H groups in total. The van der Waals surface area contributed by atoms with Crippen LogP contribution in [0.4, 0.5) is 0 Å². The molecule has 1 aliphatic heterocycles. The average Bonchev–Trinajstić information content (AvgIpc) is 2.46. The molecule has 0 spiro atoms. The van der Waals surface area contributed by atoms with E-state index in [4.69, 9.17) is 0 Å². The Kier molecular flexibility index (Phi) is 5.05. The summed E-state index contributed by atoms with van der Waals surface area (Å²) in [5.41, 5.74) is 0. The maximum atomic E-state index is 11.2. The first kappa shape index (κ1) is 12.5. The summed E-state index contributed by atoms with van der Waals surface area (Å²) in [6, 6.07) is -0.310. The molecular weight excluding hydrogens is 192 g/mol. The Labute approximate surface area is 91.6 Å². The summed E-state index contributed by atoms with van der Waals surface area (Å²) in [6.45, 7) is 7.73. The number of carboxylic acid groups (broad SMARTS) is 1. The lowest BCUT2D eigenvalue weighted by Gasteiger charge is -2.31. The van der Waals surface area contributed by atoms with E-state index in [0.717, 1.165) is 39.0 Å². The van der Waals surface area contributed by atoms with Gasteiger partial charge in [-0.05, 0) is 18.9 Å². The van der Waals surface area contributed by atoms with Crippen molar-refractivity contribution >= 4 is 5.97 Å². The van der Waals surface area contributed by atoms with E-state index >= 15 is 0 Å². The number of aliphatic carboxylic acids is 1. The predicted octanol–water partition coefficient (Wildman–Crippen LogP) is 0.781. The van der Waals surface area contributed by atoms with Crippen molar-refractivity contribution in [1.29, 1.82) is 0 Å². The van der Waals surface area contributed by atoms with E-state index in [-0.39, 0.29) is 12.0 Å². The lowest BCUT2D eigenvalue weighted by atomic mass is 9.97. The van der Waals surface area contributed by atoms with Gasteiger partial charge in [-0.1, -0.05) is 20.3 Å². The molecule has 2 unspecified atom stereocenters. The Morgan fingerprint density at radius 1 is 1.47 bits per heavy atom. The number of rotatable bonds is 4. The van der Waals surface area contributed by atoms with Crippen LogP contribution in [0.25, 0.3) is 0 Å². The smallest absolute Gasteiger partial charge is 0.321 e. The Morgan fingerprint density at radius 2 is 2.20 bits per heavy atom. The predicted molar refractivity (Wildman–Crippen MR) is 59.9 cm³/mol. The van der Waals surface area contributed by atoms with Crippen molar-refractivity contribution in [3.63, 3.8) is 0 Å². The van der Waals surface area contributed by atoms with E-state index in [1.807, 2.05) is 6.92 Å². The molecule has 0 aromatic heterocycles. The Bertz CT molecular complexity index is 201. The van der Waals surface area contributed by atoms with Gasteiger partial charge in [-0.25, -0.2) is 0 Å². The summed E-state index contributed by atoms with van der Waals surface area (Å²) < 4.78 is 0. The van der Waals surface area contributed by atoms with Gasteiger partial charge in [0.1, 0.15) is 6.04 Å². The molecule has 0 radical (unpaired) electrons. The zero-order valence-electron chi connectivity index (χ0n) is 9.70. The van der Waals surface area contributed by atoms with Crippen LogP contribution in [0.5, 0.6) is 0 Å². The molecule has 1 saturated heterocycles. The first-order chi connectivity index (χ1) is 7.16. The van der Waals surface area contributed by atoms with Crippen molar-refractivity contribution in [1.82, 2.24) is 10.2 Å². The summed E-state index contributed by atoms with van der Waals surface area (Å²) in [5.74, 6) is -0.452. The van der Waals surface area contributed by atoms with E-state index in [1.54, 1.807) is 0 Å². The van der Waals surface area contributed by atoms with E-state index in [2.05, 4.69) is 17.1 Å². The molecule has 0 amide bonds. The number of hydrogen-bond acceptors (Lipinski definition) is 3. The summed E-state index contributed by atoms with van der Waals surface area (Å²) in [7, 11) is 0. The monoisotopic (exact) mass is 214 g/mol. The fourth-order valence-electron chi connectivity index (χ4n) is 2.13. The first-order valence-electron chi connectivity index (χ1n) is 5.84. The number of carbonyl (C=O) groups is 1. The topological polar surface area (TPSA) is 52.6 Å². The van der Waals surface area contributed by atoms with E-state index in [1.165, 1.54) is 0 Å². The van der Waals surface area contributed by atoms with Gasteiger partial charge in [0.05, 0.1) is 0 Å². The second kappa shape index (κ2) is 6.08. The molecule has 88 valence electrons. The summed E-state index contributed by atoms with van der Waals surface area (Å²) in [5, 5.41) is 12.6. The van der Waals surface area contributed by atoms with Crippen LogP contribution < -0.4 is 5.32 Å². The normalized spacial score (nSPS) is 23.1. The SMILES string of the molecule is CCC(C)C(C(=O)O)N1CCCNCC1. The van der Waals surface area contributed by atoms with E-state index in [0.29, 0.717) is 0 Å². The third kappa shape index (κ3) is 3.47. The number of nitrogens with one attached hydrogen (secondary N) is 1. The van der Waals surface area contributed by atoms with Crippen LogP contribution in [0.15, 0.2) is 0 Å². The van der Waals surface area contributed by atoms with E-state index in [9.17, 15) is 9.90 Å². The highest BCUT2D eigenvalue weighted by atomic mass is 16.4. The van der Waals surface area contributed by atoms with Crippen molar-refractivity contribution < 1.29 is 9.90 Å². The second-order valence-corrected chi connectivity index (χ2v) is 4.31. The molecule has 0 aromatic rings. The molecule has 1 heterocycles. The third-order valence-corrected chi connectivity index (χ3v) is 3.20. The zero-order valence-corrected chi connectivity index (χ0v) is 9.70. The molecule has 4 heteroatoms. The Hall–Kier alpha value is -0.610. The van der Waals surface area contributed by atoms with E-state index < -0.39 is 5.97 Å². The molecule has 2 atom stereocenters. The van der Waals surface area contributed by atoms with Crippen molar-refractivity contribution in [2.75, 3.05) is 26.2 Å². The minimum absolute atomic E-state index is 0.223. The lowest BCUT2D eigenvalue weighted by Crippen LogP contribution is -2.46. The van der Waals surface area contributed by atoms with Crippen LogP contribution in [-0.4, -0.2) is 48.2 Å². The summed E-state index contributed by atoms with van der Waals surface area (Å²) in [4.78, 5) is 13.4. The largest absolute Gasteiger partial charge is 0.480 e. The van der Waals surface area contributed by atoms with Gasteiger partial charge in [-0.3, -0.25) is 9.69 Å². The average molecular weight is 214 g/mol. The molecule has 1 aliphatic rings. The van der Waals surface area contributed by atoms with Crippen LogP contribution in [0.3, 0.4) is 0 Å². The van der Waals surface area contributed by atoms with Gasteiger partial charge in [0.25, 0.3) is 0 Å². The second-order valence-electron chi connectivity index (χ2n) is 4.31. The van der Waals surface area contributed by atoms with Gasteiger partial charge in [0, 0.05) is 19.6 Å². The van der Waals surface area contributed by atoms with Gasteiger partial charge in [-0.2, -0.15) is 0 Å². The van der Waals surface area contributed by atoms with Crippen LogP contribution in [0.1, 0.15) is 26.7 Å². The van der Waals surface area contributed by atoms with Gasteiger partial charge < -0.3 is 10.4 Å². The minimum Gasteiger partial charge on any atom is -0.480 e. The van der Waals surface area contributed by atoms with Crippen LogP contribution in [0, 0.1) is 5.92 Å². The molecule has 0 aliphatic carbocycles. The minimum atomic E-state index is -0.675. The fraction of sp³-hybridized carbons (Fsp3) is 0.909. The Morgan fingerprint density at radius 3 is 2.80 bits per heavy atom. The molecule has 1 rings (SSSR count). The van der Waals surface area contributed by atoms with Gasteiger partial charge in [0.15, 0.2) is 0 Å². The standard InChI is InChI=1S/C11H22N2O2/c1-3-9(2)10(11(14)15)13-7-4-5-12-6-8-13/h9-10,12H,3-8H2,1-2H3,(H,14,15). The fourth-order valence-corrected chi connectivity index (χ4v) is 2.13. The van der Waals surface area contributed by atoms with Gasteiger partial charge >= 0.3 is 5.97 Å². The quantitative estimate of drug-likeness (QED) is 0.726. The van der Waals surface area contributed by atoms with Gasteiger partial charge in [-0.15, -0.1) is 0 Å².